The molecule has 2 heterocycles. The Balaban J connectivity index is 2.30. The summed E-state index contributed by atoms with van der Waals surface area (Å²) < 4.78 is 0. The van der Waals surface area contributed by atoms with Gasteiger partial charge in [-0.15, -0.1) is 0 Å². The van der Waals surface area contributed by atoms with Crippen molar-refractivity contribution in [2.24, 2.45) is 0 Å². The van der Waals surface area contributed by atoms with E-state index in [0.29, 0.717) is 28.8 Å². The Labute approximate surface area is 126 Å². The molecule has 2 aromatic heterocycles. The van der Waals surface area contributed by atoms with Crippen LogP contribution in [-0.4, -0.2) is 31.4 Å². The number of carbonyl (C=O) groups is 1. The normalized spacial score (nSPS) is 11.0. The summed E-state index contributed by atoms with van der Waals surface area (Å²) in [6.07, 6.45) is 0.625. The minimum Gasteiger partial charge on any atom is -0.508 e. The molecule has 6 nitrogen and oxygen atoms in total. The topological polar surface area (TPSA) is 99.1 Å². The van der Waals surface area contributed by atoms with E-state index in [0.717, 1.165) is 11.1 Å². The van der Waals surface area contributed by atoms with Crippen molar-refractivity contribution in [2.45, 2.75) is 20.3 Å². The molecule has 0 aliphatic heterocycles. The summed E-state index contributed by atoms with van der Waals surface area (Å²) in [6.45, 7) is 3.76. The molecule has 0 aliphatic rings. The van der Waals surface area contributed by atoms with Crippen molar-refractivity contribution in [3.63, 3.8) is 0 Å². The molecule has 0 unspecified atom stereocenters. The summed E-state index contributed by atoms with van der Waals surface area (Å²) in [5.41, 5.74) is 3.45. The van der Waals surface area contributed by atoms with Gasteiger partial charge in [-0.05, 0) is 43.2 Å². The van der Waals surface area contributed by atoms with Crippen LogP contribution in [0.25, 0.3) is 22.3 Å². The summed E-state index contributed by atoms with van der Waals surface area (Å²) in [5, 5.41) is 26.5. The van der Waals surface area contributed by atoms with Crippen LogP contribution in [0.5, 0.6) is 5.75 Å². The SMILES string of the molecule is CCc1n[nH]c2nc(-c3ccc(O)cc3C)cc(C(=O)O)c12. The van der Waals surface area contributed by atoms with Crippen LogP contribution in [0.4, 0.5) is 0 Å². The molecule has 0 spiro atoms. The predicted molar refractivity (Wildman–Crippen MR) is 82.1 cm³/mol. The highest BCUT2D eigenvalue weighted by atomic mass is 16.4. The molecule has 0 aliphatic carbocycles. The number of fused-ring (bicyclic) bond motifs is 1. The van der Waals surface area contributed by atoms with Crippen molar-refractivity contribution >= 4 is 17.0 Å². The van der Waals surface area contributed by atoms with E-state index in [1.807, 2.05) is 13.8 Å². The molecular formula is C16H15N3O3. The number of aromatic amines is 1. The van der Waals surface area contributed by atoms with Gasteiger partial charge in [0.15, 0.2) is 5.65 Å². The van der Waals surface area contributed by atoms with Gasteiger partial charge in [-0.2, -0.15) is 5.10 Å². The number of nitrogens with zero attached hydrogens (tertiary/aromatic N) is 2. The molecule has 0 radical (unpaired) electrons. The standard InChI is InChI=1S/C16H15N3O3/c1-3-12-14-11(16(21)22)7-13(17-15(14)19-18-12)10-5-4-9(20)6-8(10)2/h4-7,20H,3H2,1-2H3,(H,21,22)(H,17,18,19). The zero-order valence-electron chi connectivity index (χ0n) is 12.2. The minimum absolute atomic E-state index is 0.163. The number of carboxylic acids is 1. The van der Waals surface area contributed by atoms with E-state index in [4.69, 9.17) is 0 Å². The molecule has 0 bridgehead atoms. The third kappa shape index (κ3) is 2.18. The monoisotopic (exact) mass is 297 g/mol. The quantitative estimate of drug-likeness (QED) is 0.690. The van der Waals surface area contributed by atoms with Crippen molar-refractivity contribution < 1.29 is 15.0 Å². The second kappa shape index (κ2) is 5.14. The molecule has 0 fully saturated rings. The third-order valence-corrected chi connectivity index (χ3v) is 3.66. The number of carboxylic acid groups (broad SMARTS) is 1. The third-order valence-electron chi connectivity index (χ3n) is 3.66. The van der Waals surface area contributed by atoms with E-state index < -0.39 is 5.97 Å². The zero-order valence-corrected chi connectivity index (χ0v) is 12.2. The molecule has 0 saturated carbocycles. The maximum atomic E-state index is 11.6. The Hall–Kier alpha value is -2.89. The zero-order chi connectivity index (χ0) is 15.9. The van der Waals surface area contributed by atoms with Gasteiger partial charge in [-0.3, -0.25) is 5.10 Å². The molecule has 3 rings (SSSR count). The summed E-state index contributed by atoms with van der Waals surface area (Å²) in [5.74, 6) is -0.850. The average molecular weight is 297 g/mol. The second-order valence-electron chi connectivity index (χ2n) is 5.11. The van der Waals surface area contributed by atoms with Crippen LogP contribution in [0.1, 0.15) is 28.5 Å². The van der Waals surface area contributed by atoms with Crippen molar-refractivity contribution in [2.75, 3.05) is 0 Å². The fraction of sp³-hybridized carbons (Fsp3) is 0.188. The number of aromatic nitrogens is 3. The Bertz CT molecular complexity index is 884. The molecular weight excluding hydrogens is 282 g/mol. The highest BCUT2D eigenvalue weighted by Crippen LogP contribution is 2.29. The van der Waals surface area contributed by atoms with E-state index in [-0.39, 0.29) is 11.3 Å². The summed E-state index contributed by atoms with van der Waals surface area (Å²) in [7, 11) is 0. The van der Waals surface area contributed by atoms with Gasteiger partial charge < -0.3 is 10.2 Å². The Morgan fingerprint density at radius 1 is 1.32 bits per heavy atom. The molecule has 6 heteroatoms. The molecule has 22 heavy (non-hydrogen) atoms. The number of aromatic carboxylic acids is 1. The number of benzene rings is 1. The number of hydrogen-bond donors (Lipinski definition) is 3. The molecule has 3 aromatic rings. The smallest absolute Gasteiger partial charge is 0.336 e. The van der Waals surface area contributed by atoms with Gasteiger partial charge in [-0.25, -0.2) is 9.78 Å². The van der Waals surface area contributed by atoms with Crippen molar-refractivity contribution in [1.82, 2.24) is 15.2 Å². The van der Waals surface area contributed by atoms with E-state index >= 15 is 0 Å². The minimum atomic E-state index is -1.01. The van der Waals surface area contributed by atoms with Crippen molar-refractivity contribution in [1.29, 1.82) is 0 Å². The lowest BCUT2D eigenvalue weighted by molar-refractivity contribution is 0.0699. The van der Waals surface area contributed by atoms with Crippen LogP contribution in [0.3, 0.4) is 0 Å². The van der Waals surface area contributed by atoms with Gasteiger partial charge in [0, 0.05) is 5.56 Å². The van der Waals surface area contributed by atoms with E-state index in [1.54, 1.807) is 24.3 Å². The Kier molecular flexibility index (Phi) is 3.29. The van der Waals surface area contributed by atoms with Gasteiger partial charge in [0.2, 0.25) is 0 Å². The van der Waals surface area contributed by atoms with Gasteiger partial charge >= 0.3 is 5.97 Å². The fourth-order valence-electron chi connectivity index (χ4n) is 2.59. The van der Waals surface area contributed by atoms with Crippen LogP contribution >= 0.6 is 0 Å². The average Bonchev–Trinajstić information content (AvgIpc) is 2.89. The lowest BCUT2D eigenvalue weighted by Gasteiger charge is -2.08. The van der Waals surface area contributed by atoms with Gasteiger partial charge in [0.25, 0.3) is 0 Å². The van der Waals surface area contributed by atoms with Crippen molar-refractivity contribution in [3.05, 3.63) is 41.1 Å². The van der Waals surface area contributed by atoms with Crippen LogP contribution in [-0.2, 0) is 6.42 Å². The number of rotatable bonds is 3. The molecule has 0 amide bonds. The first-order valence-electron chi connectivity index (χ1n) is 6.92. The van der Waals surface area contributed by atoms with Gasteiger partial charge in [0.1, 0.15) is 5.75 Å². The lowest BCUT2D eigenvalue weighted by Crippen LogP contribution is -2.01. The van der Waals surface area contributed by atoms with Gasteiger partial charge in [0.05, 0.1) is 22.3 Å². The second-order valence-corrected chi connectivity index (χ2v) is 5.11. The predicted octanol–water partition coefficient (Wildman–Crippen LogP) is 2.90. The van der Waals surface area contributed by atoms with Crippen LogP contribution < -0.4 is 0 Å². The number of H-pyrrole nitrogens is 1. The first-order chi connectivity index (χ1) is 10.5. The Morgan fingerprint density at radius 3 is 2.73 bits per heavy atom. The molecule has 1 aromatic carbocycles. The van der Waals surface area contributed by atoms with Crippen LogP contribution in [0, 0.1) is 6.92 Å². The first kappa shape index (κ1) is 14.1. The van der Waals surface area contributed by atoms with E-state index in [9.17, 15) is 15.0 Å². The summed E-state index contributed by atoms with van der Waals surface area (Å²) in [4.78, 5) is 16.1. The summed E-state index contributed by atoms with van der Waals surface area (Å²) >= 11 is 0. The first-order valence-corrected chi connectivity index (χ1v) is 6.92. The number of phenols is 1. The maximum absolute atomic E-state index is 11.6. The fourth-order valence-corrected chi connectivity index (χ4v) is 2.59. The van der Waals surface area contributed by atoms with E-state index in [1.165, 1.54) is 0 Å². The molecule has 0 saturated heterocycles. The Morgan fingerprint density at radius 2 is 2.09 bits per heavy atom. The van der Waals surface area contributed by atoms with Crippen LogP contribution in [0.15, 0.2) is 24.3 Å². The van der Waals surface area contributed by atoms with Crippen LogP contribution in [0.2, 0.25) is 0 Å². The van der Waals surface area contributed by atoms with Gasteiger partial charge in [-0.1, -0.05) is 6.92 Å². The maximum Gasteiger partial charge on any atom is 0.336 e. The number of pyridine rings is 1. The lowest BCUT2D eigenvalue weighted by atomic mass is 10.0. The number of hydrogen-bond acceptors (Lipinski definition) is 4. The largest absolute Gasteiger partial charge is 0.508 e. The number of phenolic OH excluding ortho intramolecular Hbond substituents is 1. The highest BCUT2D eigenvalue weighted by molar-refractivity contribution is 6.04. The molecule has 0 atom stereocenters. The highest BCUT2D eigenvalue weighted by Gasteiger charge is 2.18. The summed E-state index contributed by atoms with van der Waals surface area (Å²) in [6, 6.07) is 6.45. The number of nitrogens with one attached hydrogen (secondary N) is 1. The van der Waals surface area contributed by atoms with E-state index in [2.05, 4.69) is 15.2 Å². The van der Waals surface area contributed by atoms with Crippen molar-refractivity contribution in [3.8, 4) is 17.0 Å². The molecule has 112 valence electrons. The number of aryl methyl sites for hydroxylation is 2. The number of aromatic hydroxyl groups is 1. The molecule has 3 N–H and O–H groups in total.